The van der Waals surface area contributed by atoms with Crippen molar-refractivity contribution < 1.29 is 0 Å². The number of hydrogen-bond donors (Lipinski definition) is 2. The van der Waals surface area contributed by atoms with Crippen molar-refractivity contribution in [2.24, 2.45) is 0 Å². The van der Waals surface area contributed by atoms with Crippen LogP contribution in [0.3, 0.4) is 0 Å². The van der Waals surface area contributed by atoms with Gasteiger partial charge in [0.15, 0.2) is 0 Å². The van der Waals surface area contributed by atoms with Crippen LogP contribution in [0.5, 0.6) is 0 Å². The zero-order valence-corrected chi connectivity index (χ0v) is 9.63. The SMILES string of the molecule is CC=C(CN1CCNC1)CN1CCNC1. The summed E-state index contributed by atoms with van der Waals surface area (Å²) in [7, 11) is 0. The van der Waals surface area contributed by atoms with Crippen LogP contribution in [0, 0.1) is 0 Å². The quantitative estimate of drug-likeness (QED) is 0.622. The van der Waals surface area contributed by atoms with Crippen molar-refractivity contribution in [3.63, 3.8) is 0 Å². The fraction of sp³-hybridized carbons (Fsp3) is 0.818. The van der Waals surface area contributed by atoms with E-state index in [-0.39, 0.29) is 0 Å². The molecule has 0 aromatic rings. The first kappa shape index (κ1) is 11.1. The van der Waals surface area contributed by atoms with E-state index in [0.29, 0.717) is 0 Å². The molecule has 0 spiro atoms. The monoisotopic (exact) mass is 210 g/mol. The molecule has 86 valence electrons. The maximum atomic E-state index is 3.37. The summed E-state index contributed by atoms with van der Waals surface area (Å²) in [5.74, 6) is 0. The molecule has 2 aliphatic heterocycles. The van der Waals surface area contributed by atoms with Gasteiger partial charge >= 0.3 is 0 Å². The largest absolute Gasteiger partial charge is 0.303 e. The number of rotatable bonds is 4. The van der Waals surface area contributed by atoms with Crippen LogP contribution in [-0.2, 0) is 0 Å². The van der Waals surface area contributed by atoms with E-state index in [2.05, 4.69) is 33.4 Å². The van der Waals surface area contributed by atoms with Gasteiger partial charge in [0.05, 0.1) is 0 Å². The Kier molecular flexibility index (Phi) is 4.14. The summed E-state index contributed by atoms with van der Waals surface area (Å²) in [4.78, 5) is 4.94. The van der Waals surface area contributed by atoms with E-state index in [9.17, 15) is 0 Å². The van der Waals surface area contributed by atoms with Crippen LogP contribution in [0.2, 0.25) is 0 Å². The number of hydrogen-bond acceptors (Lipinski definition) is 4. The molecule has 0 saturated carbocycles. The maximum Gasteiger partial charge on any atom is 0.0484 e. The minimum Gasteiger partial charge on any atom is -0.303 e. The van der Waals surface area contributed by atoms with Crippen LogP contribution >= 0.6 is 0 Å². The summed E-state index contributed by atoms with van der Waals surface area (Å²) < 4.78 is 0. The first-order valence-electron chi connectivity index (χ1n) is 5.88. The lowest BCUT2D eigenvalue weighted by Gasteiger charge is -2.20. The second-order valence-electron chi connectivity index (χ2n) is 4.37. The smallest absolute Gasteiger partial charge is 0.0484 e. The third kappa shape index (κ3) is 3.28. The molecule has 2 saturated heterocycles. The summed E-state index contributed by atoms with van der Waals surface area (Å²) in [6, 6.07) is 0. The van der Waals surface area contributed by atoms with Crippen LogP contribution in [0.15, 0.2) is 11.6 Å². The Morgan fingerprint density at radius 2 is 1.60 bits per heavy atom. The highest BCUT2D eigenvalue weighted by atomic mass is 15.3. The number of nitrogens with zero attached hydrogens (tertiary/aromatic N) is 2. The minimum absolute atomic E-state index is 1.05. The molecular weight excluding hydrogens is 188 g/mol. The lowest BCUT2D eigenvalue weighted by atomic mass is 10.2. The van der Waals surface area contributed by atoms with Crippen LogP contribution in [0.25, 0.3) is 0 Å². The van der Waals surface area contributed by atoms with Gasteiger partial charge in [-0.15, -0.1) is 0 Å². The molecule has 0 aromatic heterocycles. The molecule has 0 aromatic carbocycles. The average Bonchev–Trinajstić information content (AvgIpc) is 2.89. The number of allylic oxidation sites excluding steroid dienone is 1. The van der Waals surface area contributed by atoms with E-state index in [4.69, 9.17) is 0 Å². The summed E-state index contributed by atoms with van der Waals surface area (Å²) in [5, 5.41) is 6.74. The second kappa shape index (κ2) is 5.61. The standard InChI is InChI=1S/C11H22N4/c1-2-11(7-14-5-3-12-9-14)8-15-6-4-13-10-15/h2,12-13H,3-10H2,1H3. The van der Waals surface area contributed by atoms with E-state index in [1.165, 1.54) is 13.1 Å². The highest BCUT2D eigenvalue weighted by Gasteiger charge is 2.15. The van der Waals surface area contributed by atoms with Crippen molar-refractivity contribution in [1.82, 2.24) is 20.4 Å². The predicted octanol–water partition coefficient (Wildman–Crippen LogP) is -0.342. The van der Waals surface area contributed by atoms with Gasteiger partial charge < -0.3 is 10.6 Å². The minimum atomic E-state index is 1.05. The average molecular weight is 210 g/mol. The molecule has 0 bridgehead atoms. The highest BCUT2D eigenvalue weighted by Crippen LogP contribution is 2.05. The molecule has 0 aliphatic carbocycles. The van der Waals surface area contributed by atoms with Gasteiger partial charge in [-0.3, -0.25) is 9.80 Å². The lowest BCUT2D eigenvalue weighted by molar-refractivity contribution is 0.322. The highest BCUT2D eigenvalue weighted by molar-refractivity contribution is 5.06. The Morgan fingerprint density at radius 1 is 1.07 bits per heavy atom. The van der Waals surface area contributed by atoms with Gasteiger partial charge in [0.1, 0.15) is 0 Å². The Balaban J connectivity index is 1.76. The Hall–Kier alpha value is -0.420. The van der Waals surface area contributed by atoms with E-state index in [0.717, 1.165) is 39.5 Å². The van der Waals surface area contributed by atoms with Gasteiger partial charge in [0.25, 0.3) is 0 Å². The van der Waals surface area contributed by atoms with Gasteiger partial charge in [0, 0.05) is 52.6 Å². The van der Waals surface area contributed by atoms with Crippen molar-refractivity contribution in [3.05, 3.63) is 11.6 Å². The van der Waals surface area contributed by atoms with Gasteiger partial charge in [-0.05, 0) is 12.5 Å². The Labute approximate surface area is 92.3 Å². The molecule has 0 amide bonds. The van der Waals surface area contributed by atoms with Gasteiger partial charge in [-0.25, -0.2) is 0 Å². The van der Waals surface area contributed by atoms with Gasteiger partial charge in [0.2, 0.25) is 0 Å². The van der Waals surface area contributed by atoms with Crippen LogP contribution in [-0.4, -0.2) is 62.4 Å². The first-order chi connectivity index (χ1) is 7.38. The lowest BCUT2D eigenvalue weighted by Crippen LogP contribution is -2.31. The van der Waals surface area contributed by atoms with Crippen molar-refractivity contribution in [3.8, 4) is 0 Å². The normalized spacial score (nSPS) is 23.5. The van der Waals surface area contributed by atoms with E-state index >= 15 is 0 Å². The number of nitrogens with one attached hydrogen (secondary N) is 2. The predicted molar refractivity (Wildman–Crippen MR) is 62.6 cm³/mol. The molecule has 0 unspecified atom stereocenters. The molecular formula is C11H22N4. The topological polar surface area (TPSA) is 30.5 Å². The van der Waals surface area contributed by atoms with Crippen molar-refractivity contribution >= 4 is 0 Å². The second-order valence-corrected chi connectivity index (χ2v) is 4.37. The molecule has 0 radical (unpaired) electrons. The molecule has 2 heterocycles. The summed E-state index contributed by atoms with van der Waals surface area (Å²) in [6.45, 7) is 11.2. The maximum absolute atomic E-state index is 3.37. The van der Waals surface area contributed by atoms with E-state index in [1.54, 1.807) is 5.57 Å². The molecule has 2 fully saturated rings. The van der Waals surface area contributed by atoms with Crippen molar-refractivity contribution in [2.75, 3.05) is 52.6 Å². The van der Waals surface area contributed by atoms with E-state index < -0.39 is 0 Å². The van der Waals surface area contributed by atoms with Gasteiger partial charge in [-0.1, -0.05) is 6.08 Å². The third-order valence-corrected chi connectivity index (χ3v) is 3.14. The third-order valence-electron chi connectivity index (χ3n) is 3.14. The Morgan fingerprint density at radius 3 is 1.93 bits per heavy atom. The fourth-order valence-electron chi connectivity index (χ4n) is 2.18. The van der Waals surface area contributed by atoms with E-state index in [1.807, 2.05) is 0 Å². The Bertz CT molecular complexity index is 195. The molecule has 15 heavy (non-hydrogen) atoms. The molecule has 4 heteroatoms. The summed E-state index contributed by atoms with van der Waals surface area (Å²) >= 11 is 0. The zero-order chi connectivity index (χ0) is 10.5. The fourth-order valence-corrected chi connectivity index (χ4v) is 2.18. The first-order valence-corrected chi connectivity index (χ1v) is 5.88. The molecule has 2 rings (SSSR count). The zero-order valence-electron chi connectivity index (χ0n) is 9.63. The van der Waals surface area contributed by atoms with Crippen LogP contribution in [0.1, 0.15) is 6.92 Å². The van der Waals surface area contributed by atoms with Crippen LogP contribution in [0.4, 0.5) is 0 Å². The van der Waals surface area contributed by atoms with Crippen LogP contribution < -0.4 is 10.6 Å². The molecule has 2 aliphatic rings. The summed E-state index contributed by atoms with van der Waals surface area (Å²) in [6.07, 6.45) is 2.27. The van der Waals surface area contributed by atoms with Gasteiger partial charge in [-0.2, -0.15) is 0 Å². The molecule has 2 N–H and O–H groups in total. The molecule has 0 atom stereocenters. The van der Waals surface area contributed by atoms with Crippen molar-refractivity contribution in [1.29, 1.82) is 0 Å². The summed E-state index contributed by atoms with van der Waals surface area (Å²) in [5.41, 5.74) is 1.54. The van der Waals surface area contributed by atoms with Crippen molar-refractivity contribution in [2.45, 2.75) is 6.92 Å². The molecule has 4 nitrogen and oxygen atoms in total.